The van der Waals surface area contributed by atoms with Gasteiger partial charge in [0.05, 0.1) is 11.6 Å². The molecule has 0 radical (unpaired) electrons. The maximum atomic E-state index is 13.3. The minimum Gasteiger partial charge on any atom is -0.489 e. The summed E-state index contributed by atoms with van der Waals surface area (Å²) >= 11 is 5.75. The molecule has 8 nitrogen and oxygen atoms in total. The van der Waals surface area contributed by atoms with Crippen molar-refractivity contribution in [1.29, 1.82) is 0 Å². The summed E-state index contributed by atoms with van der Waals surface area (Å²) in [6.07, 6.45) is 1.34. The molecule has 1 aromatic carbocycles. The fourth-order valence-electron chi connectivity index (χ4n) is 3.43. The van der Waals surface area contributed by atoms with Crippen molar-refractivity contribution >= 4 is 57.2 Å². The summed E-state index contributed by atoms with van der Waals surface area (Å²) in [5.41, 5.74) is 0.323. The van der Waals surface area contributed by atoms with Crippen molar-refractivity contribution in [3.8, 4) is 5.75 Å². The van der Waals surface area contributed by atoms with Gasteiger partial charge in [-0.1, -0.05) is 11.6 Å². The molecule has 1 saturated heterocycles. The normalized spacial score (nSPS) is 22.3. The molecule has 3 N–H and O–H groups in total. The third kappa shape index (κ3) is 4.24. The van der Waals surface area contributed by atoms with E-state index in [9.17, 15) is 17.6 Å². The summed E-state index contributed by atoms with van der Waals surface area (Å²) in [5, 5.41) is 5.59. The van der Waals surface area contributed by atoms with Gasteiger partial charge in [-0.3, -0.25) is 4.79 Å². The number of anilines is 1. The molecule has 2 aromatic rings. The summed E-state index contributed by atoms with van der Waals surface area (Å²) < 4.78 is 48.8. The van der Waals surface area contributed by atoms with E-state index < -0.39 is 21.7 Å². The van der Waals surface area contributed by atoms with Gasteiger partial charge in [-0.25, -0.2) is 17.5 Å². The first-order valence-electron chi connectivity index (χ1n) is 8.58. The lowest BCUT2D eigenvalue weighted by Crippen LogP contribution is -2.43. The molecule has 2 aliphatic heterocycles. The fraction of sp³-hybridized carbons (Fsp3) is 0.353. The number of amides is 1. The van der Waals surface area contributed by atoms with E-state index in [1.807, 2.05) is 0 Å². The number of hydrogen-bond acceptors (Lipinski definition) is 5. The first-order valence-corrected chi connectivity index (χ1v) is 10.4. The zero-order chi connectivity index (χ0) is 20.1. The molecule has 3 heterocycles. The second kappa shape index (κ2) is 8.38. The standard InChI is InChI=1S/C17H18ClFN4O4S.HI/c1-23-7-14-16(27-8-9-5-20-6-13(9)22-28(14,25)26)15(23)17(24)21-10-2-3-12(19)11(18)4-10;/h2-4,7,9,13,20,22H,5-6,8H2,1H3,(H,21,24);1H. The van der Waals surface area contributed by atoms with E-state index in [0.717, 1.165) is 6.07 Å². The molecular formula is C17H19ClFIN4O4S. The number of carbonyl (C=O) groups is 1. The first kappa shape index (κ1) is 22.3. The number of nitrogens with one attached hydrogen (secondary N) is 3. The molecule has 0 bridgehead atoms. The van der Waals surface area contributed by atoms with Crippen LogP contribution in [0.5, 0.6) is 5.75 Å². The third-order valence-electron chi connectivity index (χ3n) is 4.87. The van der Waals surface area contributed by atoms with E-state index in [4.69, 9.17) is 16.3 Å². The Hall–Kier alpha value is -1.41. The van der Waals surface area contributed by atoms with Crippen LogP contribution in [0.15, 0.2) is 29.3 Å². The largest absolute Gasteiger partial charge is 0.489 e. The van der Waals surface area contributed by atoms with Crippen LogP contribution in [-0.4, -0.2) is 44.6 Å². The number of carbonyl (C=O) groups excluding carboxylic acids is 1. The predicted molar refractivity (Wildman–Crippen MR) is 116 cm³/mol. The van der Waals surface area contributed by atoms with Crippen molar-refractivity contribution in [2.24, 2.45) is 13.0 Å². The van der Waals surface area contributed by atoms with Gasteiger partial charge in [0, 0.05) is 44.0 Å². The Morgan fingerprint density at radius 2 is 2.14 bits per heavy atom. The minimum absolute atomic E-state index is 0. The van der Waals surface area contributed by atoms with Crippen LogP contribution < -0.4 is 20.1 Å². The van der Waals surface area contributed by atoms with Crippen LogP contribution in [0.25, 0.3) is 0 Å². The van der Waals surface area contributed by atoms with Gasteiger partial charge in [0.2, 0.25) is 10.0 Å². The number of benzene rings is 1. The average Bonchev–Trinajstić information content (AvgIpc) is 3.18. The molecule has 29 heavy (non-hydrogen) atoms. The topological polar surface area (TPSA) is 101 Å². The highest BCUT2D eigenvalue weighted by Gasteiger charge is 2.38. The zero-order valence-corrected chi connectivity index (χ0v) is 19.1. The molecule has 158 valence electrons. The Morgan fingerprint density at radius 1 is 1.38 bits per heavy atom. The van der Waals surface area contributed by atoms with Crippen molar-refractivity contribution in [3.05, 3.63) is 40.9 Å². The van der Waals surface area contributed by atoms with Gasteiger partial charge in [0.15, 0.2) is 11.4 Å². The van der Waals surface area contributed by atoms with Crippen molar-refractivity contribution in [2.45, 2.75) is 10.9 Å². The number of rotatable bonds is 2. The third-order valence-corrected chi connectivity index (χ3v) is 6.65. The van der Waals surface area contributed by atoms with Crippen LogP contribution in [0.2, 0.25) is 5.02 Å². The summed E-state index contributed by atoms with van der Waals surface area (Å²) in [6.45, 7) is 1.40. The smallest absolute Gasteiger partial charge is 0.276 e. The number of sulfonamides is 1. The fourth-order valence-corrected chi connectivity index (χ4v) is 5.11. The van der Waals surface area contributed by atoms with Gasteiger partial charge in [0.1, 0.15) is 10.7 Å². The number of aromatic nitrogens is 1. The molecule has 2 atom stereocenters. The van der Waals surface area contributed by atoms with Gasteiger partial charge in [-0.2, -0.15) is 0 Å². The van der Waals surface area contributed by atoms with Gasteiger partial charge in [-0.15, -0.1) is 24.0 Å². The number of aryl methyl sites for hydroxylation is 1. The zero-order valence-electron chi connectivity index (χ0n) is 15.2. The first-order chi connectivity index (χ1) is 13.3. The predicted octanol–water partition coefficient (Wildman–Crippen LogP) is 1.95. The lowest BCUT2D eigenvalue weighted by molar-refractivity contribution is 0.101. The molecule has 0 spiro atoms. The average molecular weight is 557 g/mol. The van der Waals surface area contributed by atoms with E-state index in [-0.39, 0.29) is 69.6 Å². The highest BCUT2D eigenvalue weighted by molar-refractivity contribution is 14.0. The highest BCUT2D eigenvalue weighted by atomic mass is 127. The molecule has 2 unspecified atom stereocenters. The van der Waals surface area contributed by atoms with Gasteiger partial charge in [0.25, 0.3) is 5.91 Å². The Bertz CT molecular complexity index is 1060. The van der Waals surface area contributed by atoms with E-state index in [0.29, 0.717) is 13.1 Å². The van der Waals surface area contributed by atoms with Crippen molar-refractivity contribution in [3.63, 3.8) is 0 Å². The molecule has 1 amide bonds. The minimum atomic E-state index is -3.86. The Kier molecular flexibility index (Phi) is 6.44. The molecule has 2 aliphatic rings. The number of ether oxygens (including phenoxy) is 1. The van der Waals surface area contributed by atoms with Crippen LogP contribution in [0.1, 0.15) is 10.5 Å². The highest BCUT2D eigenvalue weighted by Crippen LogP contribution is 2.34. The number of hydrogen-bond donors (Lipinski definition) is 3. The lowest BCUT2D eigenvalue weighted by atomic mass is 10.1. The van der Waals surface area contributed by atoms with Crippen molar-refractivity contribution in [2.75, 3.05) is 25.0 Å². The summed E-state index contributed by atoms with van der Waals surface area (Å²) in [7, 11) is -2.31. The van der Waals surface area contributed by atoms with Gasteiger partial charge >= 0.3 is 0 Å². The van der Waals surface area contributed by atoms with Crippen LogP contribution in [0, 0.1) is 11.7 Å². The summed E-state index contributed by atoms with van der Waals surface area (Å²) in [4.78, 5) is 12.7. The second-order valence-electron chi connectivity index (χ2n) is 6.82. The van der Waals surface area contributed by atoms with Crippen LogP contribution in [0.4, 0.5) is 10.1 Å². The van der Waals surface area contributed by atoms with Gasteiger partial charge in [-0.05, 0) is 18.2 Å². The Morgan fingerprint density at radius 3 is 2.86 bits per heavy atom. The quantitative estimate of drug-likeness (QED) is 0.491. The summed E-state index contributed by atoms with van der Waals surface area (Å²) in [5.74, 6) is -1.26. The van der Waals surface area contributed by atoms with Crippen molar-refractivity contribution in [1.82, 2.24) is 14.6 Å². The second-order valence-corrected chi connectivity index (χ2v) is 8.91. The van der Waals surface area contributed by atoms with Crippen LogP contribution in [0.3, 0.4) is 0 Å². The van der Waals surface area contributed by atoms with E-state index in [1.54, 1.807) is 7.05 Å². The lowest BCUT2D eigenvalue weighted by Gasteiger charge is -2.24. The van der Waals surface area contributed by atoms with E-state index >= 15 is 0 Å². The monoisotopic (exact) mass is 556 g/mol. The number of nitrogens with zero attached hydrogens (tertiary/aromatic N) is 1. The van der Waals surface area contributed by atoms with Crippen LogP contribution in [-0.2, 0) is 17.1 Å². The van der Waals surface area contributed by atoms with Crippen LogP contribution >= 0.6 is 35.6 Å². The molecule has 1 fully saturated rings. The maximum absolute atomic E-state index is 13.3. The molecule has 4 rings (SSSR count). The molecule has 0 aliphatic carbocycles. The number of fused-ring (bicyclic) bond motifs is 2. The van der Waals surface area contributed by atoms with Gasteiger partial charge < -0.3 is 19.9 Å². The molecule has 0 saturated carbocycles. The molecular weight excluding hydrogens is 538 g/mol. The summed E-state index contributed by atoms with van der Waals surface area (Å²) in [6, 6.07) is 3.50. The maximum Gasteiger partial charge on any atom is 0.276 e. The van der Waals surface area contributed by atoms with E-state index in [1.165, 1.54) is 22.9 Å². The Labute approximate surface area is 189 Å². The van der Waals surface area contributed by atoms with E-state index in [2.05, 4.69) is 15.4 Å². The SMILES string of the molecule is Cn1cc2c(c1C(=O)Nc1ccc(F)c(Cl)c1)OCC1CNCC1NS2(=O)=O.I. The van der Waals surface area contributed by atoms with Crippen molar-refractivity contribution < 1.29 is 22.3 Å². The molecule has 1 aromatic heterocycles. The molecule has 12 heteroatoms. The Balaban J connectivity index is 0.00000240. The number of halogens is 3.